The molecule has 1 amide bonds. The molecule has 0 atom stereocenters. The van der Waals surface area contributed by atoms with Crippen LogP contribution in [-0.4, -0.2) is 12.5 Å². The molecule has 0 spiro atoms. The van der Waals surface area contributed by atoms with E-state index >= 15 is 0 Å². The average Bonchev–Trinajstić information content (AvgIpc) is 2.66. The fourth-order valence-electron chi connectivity index (χ4n) is 2.62. The summed E-state index contributed by atoms with van der Waals surface area (Å²) in [5.41, 5.74) is 3.88. The molecule has 0 bridgehead atoms. The lowest BCUT2D eigenvalue weighted by molar-refractivity contribution is -0.118. The number of amides is 1. The van der Waals surface area contributed by atoms with Gasteiger partial charge in [-0.05, 0) is 55.0 Å². The summed E-state index contributed by atoms with van der Waals surface area (Å²) in [4.78, 5) is 12.2. The summed E-state index contributed by atoms with van der Waals surface area (Å²) >= 11 is 3.43. The lowest BCUT2D eigenvalue weighted by atomic mass is 10.2. The van der Waals surface area contributed by atoms with Crippen LogP contribution in [0, 0.1) is 6.92 Å². The Hall–Kier alpha value is -2.79. The highest BCUT2D eigenvalue weighted by atomic mass is 79.9. The number of anilines is 2. The Labute approximate surface area is 167 Å². The van der Waals surface area contributed by atoms with Crippen molar-refractivity contribution in [2.45, 2.75) is 13.5 Å². The molecule has 5 heteroatoms. The highest BCUT2D eigenvalue weighted by molar-refractivity contribution is 9.10. The van der Waals surface area contributed by atoms with Gasteiger partial charge in [0.15, 0.2) is 6.61 Å². The zero-order valence-corrected chi connectivity index (χ0v) is 16.6. The largest absolute Gasteiger partial charge is 0.483 e. The van der Waals surface area contributed by atoms with E-state index in [1.54, 1.807) is 0 Å². The van der Waals surface area contributed by atoms with E-state index < -0.39 is 0 Å². The number of halogens is 1. The first kappa shape index (κ1) is 19.0. The third-order valence-corrected chi connectivity index (χ3v) is 4.49. The van der Waals surface area contributed by atoms with Crippen molar-refractivity contribution in [3.05, 3.63) is 88.4 Å². The van der Waals surface area contributed by atoms with Gasteiger partial charge in [-0.25, -0.2) is 0 Å². The lowest BCUT2D eigenvalue weighted by Crippen LogP contribution is -2.20. The standard InChI is InChI=1S/C22H21BrN2O2/c1-16-5-4-7-20(13-16)25-22(26)15-27-21-8-3-2-6-17(21)14-24-19-11-9-18(23)10-12-19/h2-13,24H,14-15H2,1H3,(H,25,26). The summed E-state index contributed by atoms with van der Waals surface area (Å²) in [6.07, 6.45) is 0. The van der Waals surface area contributed by atoms with Crippen LogP contribution in [0.2, 0.25) is 0 Å². The summed E-state index contributed by atoms with van der Waals surface area (Å²) in [6, 6.07) is 23.4. The molecule has 0 aliphatic rings. The Balaban J connectivity index is 1.57. The smallest absolute Gasteiger partial charge is 0.262 e. The summed E-state index contributed by atoms with van der Waals surface area (Å²) in [7, 11) is 0. The van der Waals surface area contributed by atoms with Crippen molar-refractivity contribution in [2.24, 2.45) is 0 Å². The van der Waals surface area contributed by atoms with Gasteiger partial charge in [0, 0.05) is 28.0 Å². The van der Waals surface area contributed by atoms with Gasteiger partial charge in [0.25, 0.3) is 5.91 Å². The zero-order valence-electron chi connectivity index (χ0n) is 15.0. The molecule has 3 aromatic rings. The van der Waals surface area contributed by atoms with E-state index in [0.29, 0.717) is 12.3 Å². The molecule has 0 radical (unpaired) electrons. The predicted octanol–water partition coefficient (Wildman–Crippen LogP) is 5.39. The molecule has 27 heavy (non-hydrogen) atoms. The van der Waals surface area contributed by atoms with Crippen LogP contribution in [0.25, 0.3) is 0 Å². The van der Waals surface area contributed by atoms with Crippen LogP contribution in [0.15, 0.2) is 77.3 Å². The Morgan fingerprint density at radius 2 is 1.74 bits per heavy atom. The van der Waals surface area contributed by atoms with Crippen LogP contribution >= 0.6 is 15.9 Å². The molecule has 2 N–H and O–H groups in total. The highest BCUT2D eigenvalue weighted by Gasteiger charge is 2.07. The van der Waals surface area contributed by atoms with E-state index in [1.165, 1.54) is 0 Å². The SMILES string of the molecule is Cc1cccc(NC(=O)COc2ccccc2CNc2ccc(Br)cc2)c1. The molecule has 0 aromatic heterocycles. The number of carbonyl (C=O) groups excluding carboxylic acids is 1. The van der Waals surface area contributed by atoms with Gasteiger partial charge >= 0.3 is 0 Å². The van der Waals surface area contributed by atoms with E-state index in [2.05, 4.69) is 26.6 Å². The second kappa shape index (κ2) is 9.24. The molecule has 3 rings (SSSR count). The first-order valence-corrected chi connectivity index (χ1v) is 9.46. The molecular formula is C22H21BrN2O2. The van der Waals surface area contributed by atoms with Gasteiger partial charge in [-0.15, -0.1) is 0 Å². The van der Waals surface area contributed by atoms with Crippen LogP contribution in [0.3, 0.4) is 0 Å². The topological polar surface area (TPSA) is 50.4 Å². The zero-order chi connectivity index (χ0) is 19.1. The van der Waals surface area contributed by atoms with E-state index in [-0.39, 0.29) is 12.5 Å². The maximum absolute atomic E-state index is 12.2. The molecular weight excluding hydrogens is 404 g/mol. The predicted molar refractivity (Wildman–Crippen MR) is 113 cm³/mol. The molecule has 0 aliphatic carbocycles. The van der Waals surface area contributed by atoms with Crippen molar-refractivity contribution in [3.8, 4) is 5.75 Å². The van der Waals surface area contributed by atoms with E-state index in [9.17, 15) is 4.79 Å². The van der Waals surface area contributed by atoms with Crippen molar-refractivity contribution in [1.29, 1.82) is 0 Å². The maximum atomic E-state index is 12.2. The minimum absolute atomic E-state index is 0.0385. The second-order valence-electron chi connectivity index (χ2n) is 6.17. The number of carbonyl (C=O) groups is 1. The third-order valence-electron chi connectivity index (χ3n) is 3.96. The molecule has 0 saturated heterocycles. The van der Waals surface area contributed by atoms with Crippen LogP contribution in [0.1, 0.15) is 11.1 Å². The molecule has 0 aliphatic heterocycles. The summed E-state index contributed by atoms with van der Waals surface area (Å²) < 4.78 is 6.79. The number of benzene rings is 3. The molecule has 4 nitrogen and oxygen atoms in total. The van der Waals surface area contributed by atoms with Gasteiger partial charge in [0.2, 0.25) is 0 Å². The highest BCUT2D eigenvalue weighted by Crippen LogP contribution is 2.21. The van der Waals surface area contributed by atoms with Gasteiger partial charge in [-0.2, -0.15) is 0 Å². The van der Waals surface area contributed by atoms with E-state index in [1.807, 2.05) is 79.7 Å². The van der Waals surface area contributed by atoms with Gasteiger partial charge in [0.05, 0.1) is 0 Å². The van der Waals surface area contributed by atoms with Crippen molar-refractivity contribution in [2.75, 3.05) is 17.2 Å². The van der Waals surface area contributed by atoms with Crippen LogP contribution in [-0.2, 0) is 11.3 Å². The van der Waals surface area contributed by atoms with Crippen LogP contribution in [0.5, 0.6) is 5.75 Å². The maximum Gasteiger partial charge on any atom is 0.262 e. The van der Waals surface area contributed by atoms with Gasteiger partial charge in [-0.1, -0.05) is 46.3 Å². The molecule has 0 unspecified atom stereocenters. The first-order valence-electron chi connectivity index (χ1n) is 8.67. The summed E-state index contributed by atoms with van der Waals surface area (Å²) in [5, 5.41) is 6.21. The second-order valence-corrected chi connectivity index (χ2v) is 7.09. The first-order chi connectivity index (χ1) is 13.1. The Morgan fingerprint density at radius 3 is 2.52 bits per heavy atom. The van der Waals surface area contributed by atoms with Gasteiger partial charge < -0.3 is 15.4 Å². The normalized spacial score (nSPS) is 10.3. The van der Waals surface area contributed by atoms with Crippen molar-refractivity contribution >= 4 is 33.2 Å². The number of hydrogen-bond donors (Lipinski definition) is 2. The monoisotopic (exact) mass is 424 g/mol. The number of nitrogens with one attached hydrogen (secondary N) is 2. The number of hydrogen-bond acceptors (Lipinski definition) is 3. The molecule has 0 fully saturated rings. The number of rotatable bonds is 7. The fraction of sp³-hybridized carbons (Fsp3) is 0.136. The van der Waals surface area contributed by atoms with Crippen molar-refractivity contribution in [3.63, 3.8) is 0 Å². The third kappa shape index (κ3) is 5.86. The minimum atomic E-state index is -0.184. The quantitative estimate of drug-likeness (QED) is 0.534. The Kier molecular flexibility index (Phi) is 6.49. The lowest BCUT2D eigenvalue weighted by Gasteiger charge is -2.13. The van der Waals surface area contributed by atoms with E-state index in [4.69, 9.17) is 4.74 Å². The number of ether oxygens (including phenoxy) is 1. The van der Waals surface area contributed by atoms with Gasteiger partial charge in [0.1, 0.15) is 5.75 Å². The number of para-hydroxylation sites is 1. The summed E-state index contributed by atoms with van der Waals surface area (Å²) in [5.74, 6) is 0.512. The van der Waals surface area contributed by atoms with Gasteiger partial charge in [-0.3, -0.25) is 4.79 Å². The Morgan fingerprint density at radius 1 is 0.963 bits per heavy atom. The van der Waals surface area contributed by atoms with Crippen molar-refractivity contribution < 1.29 is 9.53 Å². The molecule has 0 saturated carbocycles. The average molecular weight is 425 g/mol. The van der Waals surface area contributed by atoms with Crippen LogP contribution < -0.4 is 15.4 Å². The van der Waals surface area contributed by atoms with E-state index in [0.717, 1.165) is 27.0 Å². The summed E-state index contributed by atoms with van der Waals surface area (Å²) in [6.45, 7) is 2.56. The molecule has 0 heterocycles. The van der Waals surface area contributed by atoms with Crippen molar-refractivity contribution in [1.82, 2.24) is 0 Å². The molecule has 3 aromatic carbocycles. The van der Waals surface area contributed by atoms with Crippen LogP contribution in [0.4, 0.5) is 11.4 Å². The minimum Gasteiger partial charge on any atom is -0.483 e. The molecule has 138 valence electrons. The Bertz CT molecular complexity index is 910. The fourth-order valence-corrected chi connectivity index (χ4v) is 2.88. The number of aryl methyl sites for hydroxylation is 1.